The van der Waals surface area contributed by atoms with E-state index in [4.69, 9.17) is 19.7 Å². The zero-order chi connectivity index (χ0) is 39.2. The lowest BCUT2D eigenvalue weighted by Crippen LogP contribution is -2.08. The number of benzene rings is 4. The SMILES string of the molecule is [C-]#[N+]C1=C(c2ccc(F)c(F)c2)/C(=C(/C#N)[N+]#[C-])c2c(Cc3ccc(C(F)(F)F)cc3)c3c(c(F)c21)C(C#N)=C(c1ccc(F)c(F)c1)/C3=C(\C#N)[N+]#[C-]. The fraction of sp³-hybridized carbons (Fsp3) is 0.0500. The monoisotopic (exact) mass is 728 g/mol. The van der Waals surface area contributed by atoms with Crippen LogP contribution in [-0.4, -0.2) is 0 Å². The third-order valence-corrected chi connectivity index (χ3v) is 8.73. The standard InChI is InChI=1S/C40H12F8N6/c1-52-28(16-50)35-30(19-6-10-24(41)26(43)13-19)23(15-49)34-32(35)22(12-18-4-8-21(9-5-18)40(46,47)48)33-36(29(17-51)53-2)31(39(54-3)37(33)38(34)45)20-7-11-25(42)27(44)14-20/h4-11,13-14H,12H2/b35-28-,36-29+. The number of allylic oxidation sites excluding steroid dienone is 7. The molecule has 0 radical (unpaired) electrons. The number of nitriles is 3. The number of rotatable bonds is 4. The molecule has 0 amide bonds. The predicted octanol–water partition coefficient (Wildman–Crippen LogP) is 10.5. The van der Waals surface area contributed by atoms with E-state index < -0.39 is 114 Å². The molecule has 0 aromatic heterocycles. The van der Waals surface area contributed by atoms with Crippen molar-refractivity contribution >= 4 is 33.6 Å². The average molecular weight is 729 g/mol. The van der Waals surface area contributed by atoms with E-state index in [1.165, 1.54) is 0 Å². The van der Waals surface area contributed by atoms with Crippen molar-refractivity contribution in [3.8, 4) is 18.2 Å². The quantitative estimate of drug-likeness (QED) is 0.119. The van der Waals surface area contributed by atoms with Gasteiger partial charge in [0.05, 0.1) is 43.0 Å². The Kier molecular flexibility index (Phi) is 8.94. The third kappa shape index (κ3) is 5.53. The Morgan fingerprint density at radius 1 is 0.630 bits per heavy atom. The Morgan fingerprint density at radius 3 is 1.57 bits per heavy atom. The minimum atomic E-state index is -4.75. The molecule has 0 aliphatic heterocycles. The molecular formula is C40H12F8N6. The maximum absolute atomic E-state index is 17.5. The van der Waals surface area contributed by atoms with Crippen molar-refractivity contribution in [1.29, 1.82) is 15.8 Å². The van der Waals surface area contributed by atoms with Crippen LogP contribution in [0.5, 0.6) is 0 Å². The first kappa shape index (κ1) is 36.0. The van der Waals surface area contributed by atoms with Gasteiger partial charge in [0, 0.05) is 16.7 Å². The summed E-state index contributed by atoms with van der Waals surface area (Å²) in [5, 5.41) is 30.8. The second-order valence-corrected chi connectivity index (χ2v) is 11.5. The molecule has 4 aromatic rings. The Morgan fingerprint density at radius 2 is 1.13 bits per heavy atom. The van der Waals surface area contributed by atoms with E-state index in [2.05, 4.69) is 14.5 Å². The maximum atomic E-state index is 17.5. The van der Waals surface area contributed by atoms with E-state index in [-0.39, 0.29) is 22.3 Å². The molecule has 0 bridgehead atoms. The Labute approximate surface area is 300 Å². The van der Waals surface area contributed by atoms with Gasteiger partial charge < -0.3 is 0 Å². The summed E-state index contributed by atoms with van der Waals surface area (Å²) in [5.41, 5.74) is -8.39. The minimum Gasteiger partial charge on any atom is -0.237 e. The van der Waals surface area contributed by atoms with Gasteiger partial charge in [-0.1, -0.05) is 24.3 Å². The molecule has 6 nitrogen and oxygen atoms in total. The highest BCUT2D eigenvalue weighted by molar-refractivity contribution is 6.30. The lowest BCUT2D eigenvalue weighted by atomic mass is 9.82. The normalized spacial score (nSPS) is 14.9. The van der Waals surface area contributed by atoms with Gasteiger partial charge in [-0.2, -0.15) is 18.4 Å². The molecule has 0 unspecified atom stereocenters. The second-order valence-electron chi connectivity index (χ2n) is 11.5. The van der Waals surface area contributed by atoms with E-state index in [1.807, 2.05) is 0 Å². The van der Waals surface area contributed by atoms with Crippen LogP contribution in [0.4, 0.5) is 35.1 Å². The third-order valence-electron chi connectivity index (χ3n) is 8.73. The van der Waals surface area contributed by atoms with Gasteiger partial charge in [0.1, 0.15) is 11.9 Å². The van der Waals surface area contributed by atoms with Crippen LogP contribution >= 0.6 is 0 Å². The molecule has 54 heavy (non-hydrogen) atoms. The van der Waals surface area contributed by atoms with Crippen LogP contribution in [0.2, 0.25) is 0 Å². The van der Waals surface area contributed by atoms with E-state index in [0.29, 0.717) is 24.3 Å². The van der Waals surface area contributed by atoms with Crippen LogP contribution < -0.4 is 0 Å². The van der Waals surface area contributed by atoms with Gasteiger partial charge in [-0.05, 0) is 92.9 Å². The van der Waals surface area contributed by atoms with Gasteiger partial charge in [-0.3, -0.25) is 0 Å². The van der Waals surface area contributed by atoms with Crippen LogP contribution in [0.25, 0.3) is 48.1 Å². The molecule has 0 saturated heterocycles. The lowest BCUT2D eigenvalue weighted by molar-refractivity contribution is -0.137. The average Bonchev–Trinajstić information content (AvgIpc) is 3.68. The summed E-state index contributed by atoms with van der Waals surface area (Å²) in [6, 6.07) is 13.3. The first-order valence-electron chi connectivity index (χ1n) is 15.0. The van der Waals surface area contributed by atoms with E-state index in [9.17, 15) is 46.5 Å². The van der Waals surface area contributed by atoms with Crippen molar-refractivity contribution in [2.24, 2.45) is 0 Å². The highest BCUT2D eigenvalue weighted by atomic mass is 19.4. The molecule has 2 aliphatic carbocycles. The van der Waals surface area contributed by atoms with Crippen LogP contribution in [0.15, 0.2) is 72.1 Å². The zero-order valence-corrected chi connectivity index (χ0v) is 26.7. The van der Waals surface area contributed by atoms with Crippen LogP contribution in [0, 0.1) is 82.8 Å². The van der Waals surface area contributed by atoms with Crippen molar-refractivity contribution in [1.82, 2.24) is 0 Å². The molecule has 0 spiro atoms. The van der Waals surface area contributed by atoms with Crippen LogP contribution in [0.1, 0.15) is 50.1 Å². The molecule has 4 aromatic carbocycles. The van der Waals surface area contributed by atoms with Gasteiger partial charge in [-0.25, -0.2) is 47.0 Å². The van der Waals surface area contributed by atoms with E-state index >= 15 is 4.39 Å². The smallest absolute Gasteiger partial charge is 0.237 e. The minimum absolute atomic E-state index is 0.0748. The molecule has 0 saturated carbocycles. The fourth-order valence-corrected chi connectivity index (χ4v) is 6.56. The molecule has 0 fully saturated rings. The fourth-order valence-electron chi connectivity index (χ4n) is 6.56. The molecule has 0 heterocycles. The summed E-state index contributed by atoms with van der Waals surface area (Å²) in [4.78, 5) is 9.93. The summed E-state index contributed by atoms with van der Waals surface area (Å²) < 4.78 is 116. The summed E-state index contributed by atoms with van der Waals surface area (Å²) >= 11 is 0. The molecular weight excluding hydrogens is 716 g/mol. The number of halogens is 8. The Bertz CT molecular complexity index is 2590. The van der Waals surface area contributed by atoms with Crippen LogP contribution in [0.3, 0.4) is 0 Å². The lowest BCUT2D eigenvalue weighted by Gasteiger charge is -2.21. The van der Waals surface area contributed by atoms with E-state index in [0.717, 1.165) is 36.4 Å². The van der Waals surface area contributed by atoms with Crippen LogP contribution in [-0.2, 0) is 12.6 Å². The molecule has 0 N–H and O–H groups in total. The number of alkyl halides is 3. The van der Waals surface area contributed by atoms with E-state index in [1.54, 1.807) is 18.2 Å². The zero-order valence-electron chi connectivity index (χ0n) is 26.7. The van der Waals surface area contributed by atoms with Crippen molar-refractivity contribution < 1.29 is 35.1 Å². The summed E-state index contributed by atoms with van der Waals surface area (Å²) in [6.45, 7) is 23.7. The number of hydrogen-bond acceptors (Lipinski definition) is 3. The van der Waals surface area contributed by atoms with Gasteiger partial charge in [0.2, 0.25) is 5.70 Å². The molecule has 258 valence electrons. The highest BCUT2D eigenvalue weighted by Gasteiger charge is 2.43. The van der Waals surface area contributed by atoms with Gasteiger partial charge in [0.15, 0.2) is 23.3 Å². The van der Waals surface area contributed by atoms with Gasteiger partial charge >= 0.3 is 6.18 Å². The van der Waals surface area contributed by atoms with Crippen molar-refractivity contribution in [3.05, 3.63) is 185 Å². The Balaban J connectivity index is 1.86. The van der Waals surface area contributed by atoms with Crippen molar-refractivity contribution in [2.45, 2.75) is 12.6 Å². The molecule has 2 aliphatic rings. The Hall–Kier alpha value is -7.78. The number of fused-ring (bicyclic) bond motifs is 2. The molecule has 6 rings (SSSR count). The number of nitrogens with zero attached hydrogens (tertiary/aromatic N) is 6. The number of hydrogen-bond donors (Lipinski definition) is 0. The largest absolute Gasteiger partial charge is 0.416 e. The summed E-state index contributed by atoms with van der Waals surface area (Å²) in [6.07, 6.45) is -5.28. The second kappa shape index (κ2) is 13.4. The topological polar surface area (TPSA) is 84.5 Å². The molecule has 0 atom stereocenters. The van der Waals surface area contributed by atoms with Gasteiger partial charge in [-0.15, -0.1) is 0 Å². The maximum Gasteiger partial charge on any atom is 0.416 e. The van der Waals surface area contributed by atoms with Crippen molar-refractivity contribution in [3.63, 3.8) is 0 Å². The first-order chi connectivity index (χ1) is 25.7. The molecule has 14 heteroatoms. The van der Waals surface area contributed by atoms with Gasteiger partial charge in [0.25, 0.3) is 11.4 Å². The van der Waals surface area contributed by atoms with Crippen molar-refractivity contribution in [2.75, 3.05) is 0 Å². The summed E-state index contributed by atoms with van der Waals surface area (Å²) in [5.74, 6) is -6.83. The summed E-state index contributed by atoms with van der Waals surface area (Å²) in [7, 11) is 0. The highest BCUT2D eigenvalue weighted by Crippen LogP contribution is 2.58. The first-order valence-corrected chi connectivity index (χ1v) is 15.0. The predicted molar refractivity (Wildman–Crippen MR) is 177 cm³/mol.